The van der Waals surface area contributed by atoms with Crippen LogP contribution >= 0.6 is 0 Å². The zero-order chi connectivity index (χ0) is 11.6. The molecule has 0 atom stereocenters. The van der Waals surface area contributed by atoms with E-state index in [4.69, 9.17) is 14.6 Å². The number of aliphatic carboxylic acids is 1. The molecule has 6 nitrogen and oxygen atoms in total. The van der Waals surface area contributed by atoms with Crippen molar-refractivity contribution in [2.24, 2.45) is 0 Å². The van der Waals surface area contributed by atoms with Crippen LogP contribution in [0.2, 0.25) is 0 Å². The molecule has 0 aromatic carbocycles. The van der Waals surface area contributed by atoms with Crippen LogP contribution in [-0.2, 0) is 23.8 Å². The maximum atomic E-state index is 11.3. The normalized spacial score (nSPS) is 18.1. The van der Waals surface area contributed by atoms with E-state index in [9.17, 15) is 9.59 Å². The van der Waals surface area contributed by atoms with Crippen molar-refractivity contribution in [1.29, 1.82) is 0 Å². The summed E-state index contributed by atoms with van der Waals surface area (Å²) in [6.45, 7) is 4.75. The third-order valence-electron chi connectivity index (χ3n) is 1.56. The summed E-state index contributed by atoms with van der Waals surface area (Å²) in [5.41, 5.74) is 0. The van der Waals surface area contributed by atoms with Crippen LogP contribution in [0.1, 0.15) is 20.8 Å². The zero-order valence-electron chi connectivity index (χ0n) is 8.70. The van der Waals surface area contributed by atoms with Gasteiger partial charge in [0.05, 0.1) is 6.61 Å². The Hall–Kier alpha value is -1.72. The highest BCUT2D eigenvalue weighted by atomic mass is 16.7. The summed E-state index contributed by atoms with van der Waals surface area (Å²) in [6, 6.07) is 0. The average Bonchev–Trinajstić information content (AvgIpc) is 2.42. The fourth-order valence-electron chi connectivity index (χ4n) is 1.08. The third kappa shape index (κ3) is 2.39. The first-order valence-corrected chi connectivity index (χ1v) is 4.40. The van der Waals surface area contributed by atoms with Crippen molar-refractivity contribution >= 4 is 11.9 Å². The van der Waals surface area contributed by atoms with Gasteiger partial charge in [-0.3, -0.25) is 0 Å². The van der Waals surface area contributed by atoms with Crippen molar-refractivity contribution < 1.29 is 28.9 Å². The van der Waals surface area contributed by atoms with Crippen LogP contribution in [0.25, 0.3) is 0 Å². The molecular weight excluding hydrogens is 204 g/mol. The van der Waals surface area contributed by atoms with Gasteiger partial charge in [-0.05, 0) is 6.92 Å². The number of hydrogen-bond donors (Lipinski definition) is 1. The largest absolute Gasteiger partial charge is 0.475 e. The van der Waals surface area contributed by atoms with Gasteiger partial charge in [0.25, 0.3) is 11.5 Å². The molecule has 0 radical (unpaired) electrons. The Morgan fingerprint density at radius 2 is 1.87 bits per heavy atom. The maximum Gasteiger partial charge on any atom is 0.378 e. The first-order chi connectivity index (χ1) is 6.87. The molecule has 0 aromatic heterocycles. The molecule has 6 heteroatoms. The van der Waals surface area contributed by atoms with Crippen LogP contribution in [0.5, 0.6) is 0 Å². The molecule has 0 aromatic rings. The standard InChI is InChI=1S/C9H12O6/c1-4-13-8(12)6-5(7(10)11)14-9(2,3)15-6/h4H2,1-3H3,(H,10,11). The van der Waals surface area contributed by atoms with Gasteiger partial charge >= 0.3 is 11.9 Å². The van der Waals surface area contributed by atoms with E-state index < -0.39 is 29.2 Å². The number of esters is 1. The lowest BCUT2D eigenvalue weighted by Gasteiger charge is -2.17. The van der Waals surface area contributed by atoms with Gasteiger partial charge in [-0.2, -0.15) is 0 Å². The van der Waals surface area contributed by atoms with Gasteiger partial charge in [0.15, 0.2) is 0 Å². The van der Waals surface area contributed by atoms with E-state index in [-0.39, 0.29) is 6.61 Å². The van der Waals surface area contributed by atoms with Crippen LogP contribution in [0.3, 0.4) is 0 Å². The van der Waals surface area contributed by atoms with E-state index in [0.717, 1.165) is 0 Å². The molecule has 0 spiro atoms. The zero-order valence-corrected chi connectivity index (χ0v) is 8.70. The number of ether oxygens (including phenoxy) is 3. The Balaban J connectivity index is 2.95. The highest BCUT2D eigenvalue weighted by molar-refractivity contribution is 5.97. The summed E-state index contributed by atoms with van der Waals surface area (Å²) in [5.74, 6) is -4.26. The van der Waals surface area contributed by atoms with E-state index in [1.54, 1.807) is 6.92 Å². The minimum Gasteiger partial charge on any atom is -0.475 e. The first kappa shape index (κ1) is 11.4. The minimum atomic E-state index is -1.36. The smallest absolute Gasteiger partial charge is 0.378 e. The highest BCUT2D eigenvalue weighted by Gasteiger charge is 2.41. The molecule has 0 fully saturated rings. The summed E-state index contributed by atoms with van der Waals surface area (Å²) < 4.78 is 14.6. The van der Waals surface area contributed by atoms with E-state index >= 15 is 0 Å². The van der Waals surface area contributed by atoms with Crippen molar-refractivity contribution in [3.63, 3.8) is 0 Å². The van der Waals surface area contributed by atoms with Crippen molar-refractivity contribution in [1.82, 2.24) is 0 Å². The molecule has 0 saturated heterocycles. The lowest BCUT2D eigenvalue weighted by atomic mass is 10.4. The van der Waals surface area contributed by atoms with Gasteiger partial charge < -0.3 is 19.3 Å². The van der Waals surface area contributed by atoms with E-state index in [1.165, 1.54) is 13.8 Å². The predicted molar refractivity (Wildman–Crippen MR) is 47.5 cm³/mol. The second-order valence-electron chi connectivity index (χ2n) is 3.29. The Labute approximate surface area is 86.4 Å². The van der Waals surface area contributed by atoms with Crippen molar-refractivity contribution in [3.8, 4) is 0 Å². The SMILES string of the molecule is CCOC(=O)C1=C(C(=O)O)OC(C)(C)O1. The predicted octanol–water partition coefficient (Wildman–Crippen LogP) is 0.629. The van der Waals surface area contributed by atoms with Gasteiger partial charge in [-0.1, -0.05) is 0 Å². The Morgan fingerprint density at radius 1 is 1.33 bits per heavy atom. The van der Waals surface area contributed by atoms with Gasteiger partial charge in [0.1, 0.15) is 0 Å². The number of rotatable bonds is 3. The molecule has 84 valence electrons. The van der Waals surface area contributed by atoms with Crippen LogP contribution < -0.4 is 0 Å². The minimum absolute atomic E-state index is 0.138. The van der Waals surface area contributed by atoms with E-state index in [1.807, 2.05) is 0 Å². The van der Waals surface area contributed by atoms with E-state index in [2.05, 4.69) is 4.74 Å². The summed E-state index contributed by atoms with van der Waals surface area (Å²) in [6.07, 6.45) is 0. The van der Waals surface area contributed by atoms with Crippen LogP contribution in [0.4, 0.5) is 0 Å². The monoisotopic (exact) mass is 216 g/mol. The summed E-state index contributed by atoms with van der Waals surface area (Å²) in [4.78, 5) is 22.0. The Bertz CT molecular complexity index is 327. The summed E-state index contributed by atoms with van der Waals surface area (Å²) >= 11 is 0. The maximum absolute atomic E-state index is 11.3. The molecule has 1 aliphatic heterocycles. The molecule has 1 heterocycles. The van der Waals surface area contributed by atoms with Crippen LogP contribution in [-0.4, -0.2) is 29.4 Å². The summed E-state index contributed by atoms with van der Waals surface area (Å²) in [5, 5.41) is 8.76. The number of carbonyl (C=O) groups excluding carboxylic acids is 1. The molecule has 15 heavy (non-hydrogen) atoms. The van der Waals surface area contributed by atoms with Crippen molar-refractivity contribution in [2.75, 3.05) is 6.61 Å². The number of carboxylic acids is 1. The lowest BCUT2D eigenvalue weighted by Crippen LogP contribution is -2.22. The molecule has 1 rings (SSSR count). The average molecular weight is 216 g/mol. The molecule has 0 bridgehead atoms. The van der Waals surface area contributed by atoms with Crippen LogP contribution in [0.15, 0.2) is 11.5 Å². The Kier molecular flexibility index (Phi) is 2.88. The number of carboxylic acid groups (broad SMARTS) is 1. The second kappa shape index (κ2) is 3.80. The molecule has 0 aliphatic carbocycles. The van der Waals surface area contributed by atoms with Crippen molar-refractivity contribution in [3.05, 3.63) is 11.5 Å². The first-order valence-electron chi connectivity index (χ1n) is 4.40. The van der Waals surface area contributed by atoms with Gasteiger partial charge in [-0.15, -0.1) is 0 Å². The topological polar surface area (TPSA) is 82.1 Å². The quantitative estimate of drug-likeness (QED) is 0.696. The number of hydrogen-bond acceptors (Lipinski definition) is 5. The number of carbonyl (C=O) groups is 2. The molecule has 0 saturated carbocycles. The van der Waals surface area contributed by atoms with E-state index in [0.29, 0.717) is 0 Å². The fourth-order valence-corrected chi connectivity index (χ4v) is 1.08. The second-order valence-corrected chi connectivity index (χ2v) is 3.29. The summed E-state index contributed by atoms with van der Waals surface area (Å²) in [7, 11) is 0. The van der Waals surface area contributed by atoms with Crippen molar-refractivity contribution in [2.45, 2.75) is 26.6 Å². The van der Waals surface area contributed by atoms with Gasteiger partial charge in [-0.25, -0.2) is 9.59 Å². The van der Waals surface area contributed by atoms with Gasteiger partial charge in [0, 0.05) is 13.8 Å². The molecule has 0 unspecified atom stereocenters. The van der Waals surface area contributed by atoms with Gasteiger partial charge in [0.2, 0.25) is 5.79 Å². The van der Waals surface area contributed by atoms with Crippen LogP contribution in [0, 0.1) is 0 Å². The molecule has 1 N–H and O–H groups in total. The third-order valence-corrected chi connectivity index (χ3v) is 1.56. The molecule has 0 amide bonds. The fraction of sp³-hybridized carbons (Fsp3) is 0.556. The molecular formula is C9H12O6. The Morgan fingerprint density at radius 3 is 2.33 bits per heavy atom. The highest BCUT2D eigenvalue weighted by Crippen LogP contribution is 2.31. The molecule has 1 aliphatic rings. The lowest BCUT2D eigenvalue weighted by molar-refractivity contribution is -0.158.